The number of hydrogen-bond donors (Lipinski definition) is 3. The van der Waals surface area contributed by atoms with Gasteiger partial charge >= 0.3 is 0 Å². The Morgan fingerprint density at radius 2 is 1.56 bits per heavy atom. The van der Waals surface area contributed by atoms with Crippen LogP contribution in [-0.2, 0) is 4.79 Å². The molecule has 0 spiro atoms. The molecule has 2 amide bonds. The third kappa shape index (κ3) is 6.33. The number of primary amides is 1. The molecule has 4 N–H and O–H groups in total. The van der Waals surface area contributed by atoms with Crippen LogP contribution in [0.2, 0.25) is 0 Å². The maximum atomic E-state index is 12.5. The van der Waals surface area contributed by atoms with Gasteiger partial charge in [0.05, 0.1) is 5.25 Å². The first-order chi connectivity index (χ1) is 16.5. The lowest BCUT2D eigenvalue weighted by Crippen LogP contribution is -2.22. The van der Waals surface area contributed by atoms with Crippen LogP contribution in [-0.4, -0.2) is 27.3 Å². The molecule has 8 nitrogen and oxygen atoms in total. The molecule has 172 valence electrons. The normalized spacial score (nSPS) is 11.4. The molecule has 0 aliphatic carbocycles. The van der Waals surface area contributed by atoms with E-state index in [0.29, 0.717) is 20.7 Å². The first-order valence-electron chi connectivity index (χ1n) is 10.3. The highest BCUT2D eigenvalue weighted by atomic mass is 32.2. The van der Waals surface area contributed by atoms with Gasteiger partial charge in [0.25, 0.3) is 0 Å². The molecule has 1 unspecified atom stereocenters. The van der Waals surface area contributed by atoms with Gasteiger partial charge in [-0.1, -0.05) is 41.3 Å². The number of nitrogens with two attached hydrogens (primary N) is 1. The smallest absolute Gasteiger partial charge is 0.248 e. The second kappa shape index (κ2) is 10.8. The fourth-order valence-corrected chi connectivity index (χ4v) is 4.75. The van der Waals surface area contributed by atoms with Gasteiger partial charge in [-0.25, -0.2) is 0 Å². The summed E-state index contributed by atoms with van der Waals surface area (Å²) in [7, 11) is 0. The molecule has 4 rings (SSSR count). The Morgan fingerprint density at radius 3 is 2.24 bits per heavy atom. The number of thioether (sulfide) groups is 1. The van der Waals surface area contributed by atoms with E-state index in [1.54, 1.807) is 31.2 Å². The highest BCUT2D eigenvalue weighted by Gasteiger charge is 2.17. The zero-order valence-corrected chi connectivity index (χ0v) is 19.7. The van der Waals surface area contributed by atoms with Gasteiger partial charge < -0.3 is 21.1 Å². The standard InChI is InChI=1S/C24H21N5O3S2/c1-15(22(31)26-17-9-7-16(8-10-17)21(25)30)33-24-29-28-23(34-24)27-18-11-13-20(14-12-18)32-19-5-3-2-4-6-19/h2-15H,1H3,(H2,25,30)(H,26,31)(H,27,28). The number of anilines is 3. The van der Waals surface area contributed by atoms with Crippen molar-refractivity contribution in [1.29, 1.82) is 0 Å². The average Bonchev–Trinajstić information content (AvgIpc) is 3.28. The number of benzene rings is 3. The number of hydrogen-bond acceptors (Lipinski definition) is 8. The molecule has 0 saturated heterocycles. The number of rotatable bonds is 9. The molecule has 1 atom stereocenters. The zero-order chi connectivity index (χ0) is 23.9. The van der Waals surface area contributed by atoms with Gasteiger partial charge in [-0.3, -0.25) is 9.59 Å². The monoisotopic (exact) mass is 491 g/mol. The summed E-state index contributed by atoms with van der Waals surface area (Å²) in [5.74, 6) is 0.804. The van der Waals surface area contributed by atoms with Crippen LogP contribution in [0.3, 0.4) is 0 Å². The van der Waals surface area contributed by atoms with Gasteiger partial charge in [0.15, 0.2) is 4.34 Å². The number of aromatic nitrogens is 2. The molecule has 1 aromatic heterocycles. The molecule has 3 aromatic carbocycles. The van der Waals surface area contributed by atoms with Crippen LogP contribution in [0.15, 0.2) is 83.2 Å². The minimum absolute atomic E-state index is 0.185. The molecule has 4 aromatic rings. The van der Waals surface area contributed by atoms with Gasteiger partial charge in [-0.15, -0.1) is 10.2 Å². The first kappa shape index (κ1) is 23.3. The number of para-hydroxylation sites is 1. The van der Waals surface area contributed by atoms with E-state index in [1.165, 1.54) is 23.1 Å². The summed E-state index contributed by atoms with van der Waals surface area (Å²) in [4.78, 5) is 23.7. The fourth-order valence-electron chi connectivity index (χ4n) is 2.83. The lowest BCUT2D eigenvalue weighted by Gasteiger charge is -2.10. The van der Waals surface area contributed by atoms with Crippen LogP contribution in [0.4, 0.5) is 16.5 Å². The maximum Gasteiger partial charge on any atom is 0.248 e. The summed E-state index contributed by atoms with van der Waals surface area (Å²) < 4.78 is 6.46. The molecular formula is C24H21N5O3S2. The van der Waals surface area contributed by atoms with Gasteiger partial charge in [0.2, 0.25) is 16.9 Å². The van der Waals surface area contributed by atoms with Crippen LogP contribution >= 0.6 is 23.1 Å². The SMILES string of the molecule is CC(Sc1nnc(Nc2ccc(Oc3ccccc3)cc2)s1)C(=O)Nc1ccc(C(N)=O)cc1. The zero-order valence-electron chi connectivity index (χ0n) is 18.1. The molecule has 1 heterocycles. The van der Waals surface area contributed by atoms with Crippen LogP contribution in [0, 0.1) is 0 Å². The summed E-state index contributed by atoms with van der Waals surface area (Å²) in [6, 6.07) is 23.5. The van der Waals surface area contributed by atoms with E-state index in [4.69, 9.17) is 10.5 Å². The Hall–Kier alpha value is -3.89. The Bertz CT molecular complexity index is 1260. The summed E-state index contributed by atoms with van der Waals surface area (Å²) in [5, 5.41) is 14.6. The number of nitrogens with one attached hydrogen (secondary N) is 2. The predicted octanol–water partition coefficient (Wildman–Crippen LogP) is 5.29. The van der Waals surface area contributed by atoms with Gasteiger partial charge in [0.1, 0.15) is 11.5 Å². The van der Waals surface area contributed by atoms with E-state index in [1.807, 2.05) is 54.6 Å². The van der Waals surface area contributed by atoms with Crippen molar-refractivity contribution in [3.63, 3.8) is 0 Å². The van der Waals surface area contributed by atoms with Crippen molar-refractivity contribution in [2.45, 2.75) is 16.5 Å². The molecule has 34 heavy (non-hydrogen) atoms. The van der Waals surface area contributed by atoms with Crippen LogP contribution in [0.1, 0.15) is 17.3 Å². The van der Waals surface area contributed by atoms with Crippen LogP contribution in [0.5, 0.6) is 11.5 Å². The first-order valence-corrected chi connectivity index (χ1v) is 12.0. The molecule has 0 aliphatic heterocycles. The second-order valence-corrected chi connectivity index (χ2v) is 9.69. The Labute approximate surface area is 204 Å². The van der Waals surface area contributed by atoms with Gasteiger partial charge in [-0.05, 0) is 67.6 Å². The predicted molar refractivity (Wildman–Crippen MR) is 135 cm³/mol. The Balaban J connectivity index is 1.29. The minimum atomic E-state index is -0.515. The van der Waals surface area contributed by atoms with E-state index in [-0.39, 0.29) is 5.91 Å². The Kier molecular flexibility index (Phi) is 7.41. The Morgan fingerprint density at radius 1 is 0.912 bits per heavy atom. The van der Waals surface area contributed by atoms with Crippen molar-refractivity contribution in [3.05, 3.63) is 84.4 Å². The van der Waals surface area contributed by atoms with E-state index in [2.05, 4.69) is 20.8 Å². The highest BCUT2D eigenvalue weighted by molar-refractivity contribution is 8.02. The van der Waals surface area contributed by atoms with Gasteiger partial charge in [-0.2, -0.15) is 0 Å². The third-order valence-electron chi connectivity index (χ3n) is 4.57. The minimum Gasteiger partial charge on any atom is -0.457 e. The largest absolute Gasteiger partial charge is 0.457 e. The van der Waals surface area contributed by atoms with E-state index in [9.17, 15) is 9.59 Å². The molecular weight excluding hydrogens is 470 g/mol. The van der Waals surface area contributed by atoms with Crippen molar-refractivity contribution >= 4 is 51.4 Å². The molecule has 0 saturated carbocycles. The van der Waals surface area contributed by atoms with E-state index < -0.39 is 11.2 Å². The molecule has 0 bridgehead atoms. The van der Waals surface area contributed by atoms with E-state index >= 15 is 0 Å². The molecule has 0 radical (unpaired) electrons. The van der Waals surface area contributed by atoms with E-state index in [0.717, 1.165) is 17.2 Å². The summed E-state index contributed by atoms with van der Waals surface area (Å²) in [6.07, 6.45) is 0. The number of carbonyl (C=O) groups excluding carboxylic acids is 2. The van der Waals surface area contributed by atoms with Crippen molar-refractivity contribution in [3.8, 4) is 11.5 Å². The summed E-state index contributed by atoms with van der Waals surface area (Å²) in [6.45, 7) is 1.79. The quantitative estimate of drug-likeness (QED) is 0.272. The maximum absolute atomic E-state index is 12.5. The fraction of sp³-hybridized carbons (Fsp3) is 0.0833. The average molecular weight is 492 g/mol. The lowest BCUT2D eigenvalue weighted by atomic mass is 10.2. The second-order valence-electron chi connectivity index (χ2n) is 7.13. The summed E-state index contributed by atoms with van der Waals surface area (Å²) in [5.41, 5.74) is 7.05. The van der Waals surface area contributed by atoms with Crippen molar-refractivity contribution in [2.75, 3.05) is 10.6 Å². The van der Waals surface area contributed by atoms with Crippen LogP contribution in [0.25, 0.3) is 0 Å². The summed E-state index contributed by atoms with van der Waals surface area (Å²) >= 11 is 2.67. The molecule has 10 heteroatoms. The third-order valence-corrected chi connectivity index (χ3v) is 6.60. The number of nitrogens with zero attached hydrogens (tertiary/aromatic N) is 2. The molecule has 0 fully saturated rings. The topological polar surface area (TPSA) is 119 Å². The van der Waals surface area contributed by atoms with Crippen molar-refractivity contribution in [1.82, 2.24) is 10.2 Å². The highest BCUT2D eigenvalue weighted by Crippen LogP contribution is 2.31. The lowest BCUT2D eigenvalue weighted by molar-refractivity contribution is -0.115. The van der Waals surface area contributed by atoms with Gasteiger partial charge in [0, 0.05) is 16.9 Å². The van der Waals surface area contributed by atoms with Crippen molar-refractivity contribution < 1.29 is 14.3 Å². The number of ether oxygens (including phenoxy) is 1. The number of amides is 2. The van der Waals surface area contributed by atoms with Crippen LogP contribution < -0.4 is 21.1 Å². The van der Waals surface area contributed by atoms with Crippen molar-refractivity contribution in [2.24, 2.45) is 5.73 Å². The molecule has 0 aliphatic rings. The number of carbonyl (C=O) groups is 2.